The third-order valence-corrected chi connectivity index (χ3v) is 2.15. The van der Waals surface area contributed by atoms with Crippen molar-refractivity contribution < 1.29 is 9.53 Å². The van der Waals surface area contributed by atoms with Crippen LogP contribution in [0.4, 0.5) is 5.69 Å². The molecule has 1 aromatic carbocycles. The minimum absolute atomic E-state index is 0.0820. The summed E-state index contributed by atoms with van der Waals surface area (Å²) in [6, 6.07) is 5.35. The number of nitrogens with two attached hydrogens (primary N) is 1. The number of nitrogens with zero attached hydrogens (tertiary/aromatic N) is 1. The van der Waals surface area contributed by atoms with Gasteiger partial charge in [-0.3, -0.25) is 4.79 Å². The SMILES string of the molecule is COC(=O)CC(N)c1ccccc1N([O-])[O-]. The molecule has 0 fully saturated rings. The minimum Gasteiger partial charge on any atom is -0.769 e. The molecule has 1 unspecified atom stereocenters. The molecule has 0 radical (unpaired) electrons. The molecule has 0 aliphatic rings. The van der Waals surface area contributed by atoms with E-state index in [0.29, 0.717) is 5.56 Å². The smallest absolute Gasteiger partial charge is 0.307 e. The van der Waals surface area contributed by atoms with Crippen molar-refractivity contribution in [3.05, 3.63) is 40.2 Å². The van der Waals surface area contributed by atoms with Crippen molar-refractivity contribution in [2.24, 2.45) is 5.73 Å². The second-order valence-corrected chi connectivity index (χ2v) is 3.20. The molecule has 1 atom stereocenters. The summed E-state index contributed by atoms with van der Waals surface area (Å²) < 4.78 is 4.45. The third kappa shape index (κ3) is 2.93. The van der Waals surface area contributed by atoms with E-state index in [1.807, 2.05) is 0 Å². The van der Waals surface area contributed by atoms with Gasteiger partial charge in [0.1, 0.15) is 0 Å². The Kier molecular flexibility index (Phi) is 4.24. The van der Waals surface area contributed by atoms with E-state index in [2.05, 4.69) is 4.74 Å². The molecule has 6 nitrogen and oxygen atoms in total. The van der Waals surface area contributed by atoms with Crippen molar-refractivity contribution in [1.29, 1.82) is 0 Å². The van der Waals surface area contributed by atoms with Crippen molar-refractivity contribution in [2.45, 2.75) is 12.5 Å². The summed E-state index contributed by atoms with van der Waals surface area (Å²) in [7, 11) is 1.24. The van der Waals surface area contributed by atoms with E-state index in [4.69, 9.17) is 5.73 Å². The standard InChI is InChI=1S/C10H12N2O4/c1-16-10(13)6-8(11)7-4-2-3-5-9(7)12(14)15/h2-5,8H,6,11H2,1H3/q-2. The lowest BCUT2D eigenvalue weighted by molar-refractivity contribution is -0.141. The fraction of sp³-hybridized carbons (Fsp3) is 0.300. The van der Waals surface area contributed by atoms with Crippen molar-refractivity contribution >= 4 is 11.7 Å². The summed E-state index contributed by atoms with van der Waals surface area (Å²) in [5.41, 5.74) is 5.95. The molecule has 0 bridgehead atoms. The number of anilines is 1. The van der Waals surface area contributed by atoms with Crippen LogP contribution in [-0.2, 0) is 9.53 Å². The number of rotatable bonds is 4. The number of methoxy groups -OCH3 is 1. The molecule has 0 aliphatic carbocycles. The molecule has 0 saturated carbocycles. The fourth-order valence-corrected chi connectivity index (χ4v) is 1.34. The van der Waals surface area contributed by atoms with Gasteiger partial charge in [0.25, 0.3) is 0 Å². The largest absolute Gasteiger partial charge is 0.769 e. The average Bonchev–Trinajstić information content (AvgIpc) is 2.28. The van der Waals surface area contributed by atoms with Gasteiger partial charge in [0.15, 0.2) is 0 Å². The Morgan fingerprint density at radius 1 is 1.50 bits per heavy atom. The lowest BCUT2D eigenvalue weighted by atomic mass is 10.0. The van der Waals surface area contributed by atoms with Gasteiger partial charge in [0, 0.05) is 11.7 Å². The number of ether oxygens (including phenoxy) is 1. The lowest BCUT2D eigenvalue weighted by Crippen LogP contribution is -2.19. The molecule has 0 heterocycles. The highest BCUT2D eigenvalue weighted by Crippen LogP contribution is 2.25. The van der Waals surface area contributed by atoms with Crippen LogP contribution >= 0.6 is 0 Å². The van der Waals surface area contributed by atoms with Crippen LogP contribution in [0.15, 0.2) is 24.3 Å². The molecular weight excluding hydrogens is 212 g/mol. The predicted molar refractivity (Wildman–Crippen MR) is 59.2 cm³/mol. The van der Waals surface area contributed by atoms with E-state index in [9.17, 15) is 15.2 Å². The zero-order valence-electron chi connectivity index (χ0n) is 8.75. The number of esters is 1. The molecule has 0 aromatic heterocycles. The van der Waals surface area contributed by atoms with Gasteiger partial charge in [-0.1, -0.05) is 18.2 Å². The summed E-state index contributed by atoms with van der Waals surface area (Å²) in [4.78, 5) is 11.0. The van der Waals surface area contributed by atoms with Gasteiger partial charge >= 0.3 is 5.97 Å². The zero-order chi connectivity index (χ0) is 12.1. The predicted octanol–water partition coefficient (Wildman–Crippen LogP) is 1.05. The normalized spacial score (nSPS) is 12.0. The van der Waals surface area contributed by atoms with Crippen LogP contribution in [0.25, 0.3) is 0 Å². The van der Waals surface area contributed by atoms with Crippen LogP contribution in [0.3, 0.4) is 0 Å². The Bertz CT molecular complexity index is 368. The Hall–Kier alpha value is -1.63. The van der Waals surface area contributed by atoms with Crippen LogP contribution in [0.5, 0.6) is 0 Å². The minimum atomic E-state index is -0.728. The molecule has 6 heteroatoms. The molecule has 88 valence electrons. The number of para-hydroxylation sites is 1. The Morgan fingerprint density at radius 2 is 2.12 bits per heavy atom. The average molecular weight is 224 g/mol. The lowest BCUT2D eigenvalue weighted by Gasteiger charge is -2.39. The Morgan fingerprint density at radius 3 is 2.69 bits per heavy atom. The quantitative estimate of drug-likeness (QED) is 0.605. The topological polar surface area (TPSA) is 102 Å². The highest BCUT2D eigenvalue weighted by atomic mass is 16.8. The summed E-state index contributed by atoms with van der Waals surface area (Å²) in [5, 5.41) is 20.9. The van der Waals surface area contributed by atoms with E-state index in [1.165, 1.54) is 19.2 Å². The fourth-order valence-electron chi connectivity index (χ4n) is 1.34. The van der Waals surface area contributed by atoms with Crippen molar-refractivity contribution in [3.63, 3.8) is 0 Å². The molecule has 0 amide bonds. The summed E-state index contributed by atoms with van der Waals surface area (Å²) >= 11 is 0. The second-order valence-electron chi connectivity index (χ2n) is 3.20. The van der Waals surface area contributed by atoms with Crippen LogP contribution in [-0.4, -0.2) is 13.1 Å². The molecule has 2 N–H and O–H groups in total. The Balaban J connectivity index is 2.90. The molecule has 16 heavy (non-hydrogen) atoms. The number of benzene rings is 1. The highest BCUT2D eigenvalue weighted by molar-refractivity contribution is 5.71. The summed E-state index contributed by atoms with van der Waals surface area (Å²) in [6.45, 7) is 0. The highest BCUT2D eigenvalue weighted by Gasteiger charge is 2.14. The number of carbonyl (C=O) groups is 1. The van der Waals surface area contributed by atoms with Gasteiger partial charge in [-0.15, -0.1) is 0 Å². The van der Waals surface area contributed by atoms with Crippen molar-refractivity contribution in [2.75, 3.05) is 12.3 Å². The molecule has 0 saturated heterocycles. The molecule has 1 aromatic rings. The first-order chi connectivity index (χ1) is 7.56. The Labute approximate surface area is 92.8 Å². The first kappa shape index (κ1) is 12.4. The van der Waals surface area contributed by atoms with Crippen molar-refractivity contribution in [3.8, 4) is 0 Å². The zero-order valence-corrected chi connectivity index (χ0v) is 8.75. The van der Waals surface area contributed by atoms with Crippen LogP contribution in [0, 0.1) is 10.4 Å². The van der Waals surface area contributed by atoms with Gasteiger partial charge in [0.2, 0.25) is 0 Å². The second kappa shape index (κ2) is 5.45. The molecular formula is C10H12N2O4-2. The first-order valence-electron chi connectivity index (χ1n) is 4.62. The number of hydrogen-bond acceptors (Lipinski definition) is 6. The van der Waals surface area contributed by atoms with Gasteiger partial charge in [-0.05, 0) is 11.6 Å². The number of hydrogen-bond donors (Lipinski definition) is 1. The third-order valence-electron chi connectivity index (χ3n) is 2.15. The number of carbonyl (C=O) groups excluding carboxylic acids is 1. The van der Waals surface area contributed by atoms with E-state index < -0.39 is 17.2 Å². The van der Waals surface area contributed by atoms with Crippen LogP contribution in [0.1, 0.15) is 18.0 Å². The maximum atomic E-state index is 11.0. The van der Waals surface area contributed by atoms with E-state index in [-0.39, 0.29) is 12.1 Å². The van der Waals surface area contributed by atoms with E-state index in [1.54, 1.807) is 12.1 Å². The summed E-state index contributed by atoms with van der Waals surface area (Å²) in [5.74, 6) is -0.495. The van der Waals surface area contributed by atoms with Gasteiger partial charge < -0.3 is 26.1 Å². The molecule has 1 rings (SSSR count). The van der Waals surface area contributed by atoms with Crippen LogP contribution < -0.4 is 11.0 Å². The maximum absolute atomic E-state index is 11.0. The van der Waals surface area contributed by atoms with Gasteiger partial charge in [-0.25, -0.2) is 0 Å². The van der Waals surface area contributed by atoms with Crippen molar-refractivity contribution in [1.82, 2.24) is 0 Å². The molecule has 0 aliphatic heterocycles. The summed E-state index contributed by atoms with van der Waals surface area (Å²) in [6.07, 6.45) is -0.0820. The van der Waals surface area contributed by atoms with E-state index >= 15 is 0 Å². The van der Waals surface area contributed by atoms with Gasteiger partial charge in [0.05, 0.1) is 13.5 Å². The van der Waals surface area contributed by atoms with E-state index in [0.717, 1.165) is 0 Å². The maximum Gasteiger partial charge on any atom is 0.307 e. The first-order valence-corrected chi connectivity index (χ1v) is 4.62. The monoisotopic (exact) mass is 224 g/mol. The molecule has 0 spiro atoms. The van der Waals surface area contributed by atoms with Crippen LogP contribution in [0.2, 0.25) is 0 Å². The van der Waals surface area contributed by atoms with Gasteiger partial charge in [-0.2, -0.15) is 0 Å².